The highest BCUT2D eigenvalue weighted by atomic mass is 127. The van der Waals surface area contributed by atoms with Crippen LogP contribution in [0, 0.1) is 7.14 Å². The smallest absolute Gasteiger partial charge is 0.0342 e. The van der Waals surface area contributed by atoms with Crippen LogP contribution in [0.1, 0.15) is 0 Å². The van der Waals surface area contributed by atoms with E-state index < -0.39 is 0 Å². The van der Waals surface area contributed by atoms with Crippen molar-refractivity contribution in [3.63, 3.8) is 0 Å². The predicted octanol–water partition coefficient (Wildman–Crippen LogP) is 5.33. The lowest BCUT2D eigenvalue weighted by atomic mass is 10.1. The summed E-state index contributed by atoms with van der Waals surface area (Å²) in [5.74, 6) is 0. The molecule has 2 aromatic rings. The van der Waals surface area contributed by atoms with Gasteiger partial charge >= 0.3 is 0 Å². The van der Waals surface area contributed by atoms with Crippen LogP contribution < -0.4 is 0 Å². The van der Waals surface area contributed by atoms with Gasteiger partial charge < -0.3 is 0 Å². The van der Waals surface area contributed by atoms with Gasteiger partial charge in [0.05, 0.1) is 0 Å². The van der Waals surface area contributed by atoms with Crippen LogP contribution in [0.15, 0.2) is 46.9 Å². The number of hydrogen-bond acceptors (Lipinski definition) is 0. The fourth-order valence-corrected chi connectivity index (χ4v) is 3.04. The highest BCUT2D eigenvalue weighted by Crippen LogP contribution is 2.33. The summed E-state index contributed by atoms with van der Waals surface area (Å²) in [5, 5.41) is 0. The first kappa shape index (κ1) is 11.9. The van der Waals surface area contributed by atoms with Gasteiger partial charge in [0.2, 0.25) is 0 Å². The van der Waals surface area contributed by atoms with E-state index in [4.69, 9.17) is 0 Å². The Bertz CT molecular complexity index is 495. The fraction of sp³-hybridized carbons (Fsp3) is 0. The third-order valence-electron chi connectivity index (χ3n) is 2.12. The average molecular weight is 485 g/mol. The van der Waals surface area contributed by atoms with E-state index in [0.717, 1.165) is 4.47 Å². The molecular formula is C12H7BrI2. The third kappa shape index (κ3) is 2.55. The minimum Gasteiger partial charge on any atom is -0.0616 e. The molecule has 0 bridgehead atoms. The molecule has 0 aliphatic heterocycles. The molecule has 2 rings (SSSR count). The van der Waals surface area contributed by atoms with Gasteiger partial charge in [-0.1, -0.05) is 46.3 Å². The van der Waals surface area contributed by atoms with Gasteiger partial charge in [-0.05, 0) is 68.4 Å². The number of rotatable bonds is 1. The van der Waals surface area contributed by atoms with E-state index >= 15 is 0 Å². The summed E-state index contributed by atoms with van der Waals surface area (Å²) in [6.45, 7) is 0. The molecule has 0 spiro atoms. The lowest BCUT2D eigenvalue weighted by molar-refractivity contribution is 1.52. The molecular weight excluding hydrogens is 478 g/mol. The average Bonchev–Trinajstić information content (AvgIpc) is 2.23. The molecule has 0 unspecified atom stereocenters. The summed E-state index contributed by atoms with van der Waals surface area (Å²) >= 11 is 8.35. The van der Waals surface area contributed by atoms with Gasteiger partial charge in [0.15, 0.2) is 0 Å². The van der Waals surface area contributed by atoms with Crippen LogP contribution in [0.5, 0.6) is 0 Å². The van der Waals surface area contributed by atoms with E-state index in [0.29, 0.717) is 0 Å². The Morgan fingerprint density at radius 2 is 1.47 bits per heavy atom. The van der Waals surface area contributed by atoms with Crippen LogP contribution in [0.3, 0.4) is 0 Å². The molecule has 0 heterocycles. The third-order valence-corrected chi connectivity index (χ3v) is 5.90. The van der Waals surface area contributed by atoms with Crippen molar-refractivity contribution in [2.75, 3.05) is 0 Å². The summed E-state index contributed by atoms with van der Waals surface area (Å²) in [6.07, 6.45) is 0. The molecule has 0 nitrogen and oxygen atoms in total. The van der Waals surface area contributed by atoms with E-state index in [2.05, 4.69) is 97.5 Å². The van der Waals surface area contributed by atoms with Crippen molar-refractivity contribution in [1.82, 2.24) is 0 Å². The van der Waals surface area contributed by atoms with Crippen LogP contribution in [-0.2, 0) is 0 Å². The van der Waals surface area contributed by atoms with Gasteiger partial charge in [-0.2, -0.15) is 0 Å². The number of hydrogen-bond donors (Lipinski definition) is 0. The summed E-state index contributed by atoms with van der Waals surface area (Å²) < 4.78 is 3.74. The monoisotopic (exact) mass is 484 g/mol. The van der Waals surface area contributed by atoms with Gasteiger partial charge in [-0.25, -0.2) is 0 Å². The minimum atomic E-state index is 1.14. The first-order valence-electron chi connectivity index (χ1n) is 4.39. The number of benzene rings is 2. The maximum atomic E-state index is 3.59. The predicted molar refractivity (Wildman–Crippen MR) is 85.0 cm³/mol. The Kier molecular flexibility index (Phi) is 4.06. The fourth-order valence-electron chi connectivity index (χ4n) is 1.39. The second-order valence-electron chi connectivity index (χ2n) is 3.08. The Morgan fingerprint density at radius 1 is 0.800 bits per heavy atom. The molecule has 15 heavy (non-hydrogen) atoms. The van der Waals surface area contributed by atoms with Crippen LogP contribution >= 0.6 is 61.1 Å². The maximum absolute atomic E-state index is 3.59. The molecule has 0 N–H and O–H groups in total. The van der Waals surface area contributed by atoms with Crippen LogP contribution in [-0.4, -0.2) is 0 Å². The number of halogens is 3. The maximum Gasteiger partial charge on any atom is 0.0342 e. The highest BCUT2D eigenvalue weighted by Gasteiger charge is 2.07. The zero-order valence-corrected chi connectivity index (χ0v) is 13.6. The van der Waals surface area contributed by atoms with E-state index in [1.54, 1.807) is 0 Å². The normalized spacial score (nSPS) is 10.3. The first-order chi connectivity index (χ1) is 7.20. The zero-order valence-electron chi connectivity index (χ0n) is 7.68. The second kappa shape index (κ2) is 5.14. The van der Waals surface area contributed by atoms with E-state index in [9.17, 15) is 0 Å². The lowest BCUT2D eigenvalue weighted by Gasteiger charge is -2.08. The largest absolute Gasteiger partial charge is 0.0616 e. The van der Waals surface area contributed by atoms with Crippen LogP contribution in [0.4, 0.5) is 0 Å². The highest BCUT2D eigenvalue weighted by molar-refractivity contribution is 14.1. The van der Waals surface area contributed by atoms with Crippen molar-refractivity contribution >= 4 is 61.1 Å². The molecule has 3 heteroatoms. The molecule has 0 saturated heterocycles. The Balaban J connectivity index is 2.65. The quantitative estimate of drug-likeness (QED) is 0.480. The standard InChI is InChI=1S/C12H7BrI2/c13-10-6-2-1-4-8(10)9-5-3-7-11(14)12(9)15/h1-7H. The summed E-state index contributed by atoms with van der Waals surface area (Å²) in [6, 6.07) is 14.7. The van der Waals surface area contributed by atoms with E-state index in [1.807, 2.05) is 6.07 Å². The molecule has 0 aliphatic rings. The molecule has 0 radical (unpaired) electrons. The molecule has 0 fully saturated rings. The van der Waals surface area contributed by atoms with E-state index in [1.165, 1.54) is 18.3 Å². The van der Waals surface area contributed by atoms with Crippen molar-refractivity contribution in [1.29, 1.82) is 0 Å². The molecule has 2 aromatic carbocycles. The zero-order chi connectivity index (χ0) is 10.8. The summed E-state index contributed by atoms with van der Waals surface area (Å²) in [5.41, 5.74) is 2.54. The molecule has 0 aliphatic carbocycles. The Hall–Kier alpha value is 0.380. The van der Waals surface area contributed by atoms with Gasteiger partial charge in [-0.3, -0.25) is 0 Å². The van der Waals surface area contributed by atoms with E-state index in [-0.39, 0.29) is 0 Å². The molecule has 76 valence electrons. The topological polar surface area (TPSA) is 0 Å². The SMILES string of the molecule is Brc1ccccc1-c1cccc(I)c1I. The van der Waals surface area contributed by atoms with Gasteiger partial charge in [0.1, 0.15) is 0 Å². The molecule has 0 atom stereocenters. The summed E-state index contributed by atoms with van der Waals surface area (Å²) in [7, 11) is 0. The van der Waals surface area contributed by atoms with Gasteiger partial charge in [0, 0.05) is 11.6 Å². The van der Waals surface area contributed by atoms with Crippen LogP contribution in [0.2, 0.25) is 0 Å². The molecule has 0 saturated carbocycles. The van der Waals surface area contributed by atoms with Gasteiger partial charge in [-0.15, -0.1) is 0 Å². The van der Waals surface area contributed by atoms with Crippen molar-refractivity contribution in [2.45, 2.75) is 0 Å². The first-order valence-corrected chi connectivity index (χ1v) is 7.34. The minimum absolute atomic E-state index is 1.14. The Labute approximate surface area is 125 Å². The second-order valence-corrected chi connectivity index (χ2v) is 6.18. The van der Waals surface area contributed by atoms with Gasteiger partial charge in [0.25, 0.3) is 0 Å². The molecule has 0 aromatic heterocycles. The Morgan fingerprint density at radius 3 is 2.20 bits per heavy atom. The molecule has 0 amide bonds. The van der Waals surface area contributed by atoms with Crippen molar-refractivity contribution in [2.24, 2.45) is 0 Å². The summed E-state index contributed by atoms with van der Waals surface area (Å²) in [4.78, 5) is 0. The van der Waals surface area contributed by atoms with Crippen molar-refractivity contribution in [3.8, 4) is 11.1 Å². The lowest BCUT2D eigenvalue weighted by Crippen LogP contribution is -1.87. The van der Waals surface area contributed by atoms with Crippen molar-refractivity contribution in [3.05, 3.63) is 54.1 Å². The van der Waals surface area contributed by atoms with Crippen LogP contribution in [0.25, 0.3) is 11.1 Å². The van der Waals surface area contributed by atoms with Crippen molar-refractivity contribution < 1.29 is 0 Å².